The molecule has 3 aromatic heterocycles. The second-order valence-corrected chi connectivity index (χ2v) is 5.90. The number of fused-ring (bicyclic) bond motifs is 1. The number of imidazole rings is 1. The van der Waals surface area contributed by atoms with E-state index in [1.54, 1.807) is 12.5 Å². The molecule has 0 radical (unpaired) electrons. The van der Waals surface area contributed by atoms with E-state index in [1.165, 1.54) is 0 Å². The highest BCUT2D eigenvalue weighted by molar-refractivity contribution is 5.76. The SMILES string of the molecule is c1ccc2c(c1)ncn2-c1ccc(-c2noc(C3COCCO3)n2)cn1. The van der Waals surface area contributed by atoms with Crippen LogP contribution in [0.4, 0.5) is 0 Å². The Balaban J connectivity index is 1.42. The number of hydrogen-bond acceptors (Lipinski definition) is 7. The van der Waals surface area contributed by atoms with E-state index in [4.69, 9.17) is 14.0 Å². The standard InChI is InChI=1S/C18H15N5O3/c1-2-4-14-13(3-1)20-11-23(14)16-6-5-12(9-19-16)17-21-18(26-22-17)15-10-24-7-8-25-15/h1-6,9,11,15H,7-8,10H2. The average Bonchev–Trinajstić information content (AvgIpc) is 3.36. The van der Waals surface area contributed by atoms with Crippen molar-refractivity contribution in [2.45, 2.75) is 6.10 Å². The van der Waals surface area contributed by atoms with Gasteiger partial charge in [-0.1, -0.05) is 17.3 Å². The van der Waals surface area contributed by atoms with Crippen LogP contribution in [0.5, 0.6) is 0 Å². The van der Waals surface area contributed by atoms with Crippen molar-refractivity contribution in [1.29, 1.82) is 0 Å². The summed E-state index contributed by atoms with van der Waals surface area (Å²) in [4.78, 5) is 13.3. The molecule has 0 bridgehead atoms. The molecule has 130 valence electrons. The molecule has 1 unspecified atom stereocenters. The largest absolute Gasteiger partial charge is 0.376 e. The number of aromatic nitrogens is 5. The maximum Gasteiger partial charge on any atom is 0.258 e. The molecule has 0 aliphatic carbocycles. The molecule has 0 amide bonds. The molecule has 0 saturated carbocycles. The van der Waals surface area contributed by atoms with Crippen LogP contribution in [0.2, 0.25) is 0 Å². The van der Waals surface area contributed by atoms with Gasteiger partial charge in [0.15, 0.2) is 6.10 Å². The second kappa shape index (κ2) is 6.32. The van der Waals surface area contributed by atoms with Crippen molar-refractivity contribution >= 4 is 11.0 Å². The lowest BCUT2D eigenvalue weighted by atomic mass is 10.2. The molecule has 5 rings (SSSR count). The Labute approximate surface area is 148 Å². The number of para-hydroxylation sites is 2. The summed E-state index contributed by atoms with van der Waals surface area (Å²) in [5, 5.41) is 4.02. The van der Waals surface area contributed by atoms with Crippen molar-refractivity contribution < 1.29 is 14.0 Å². The van der Waals surface area contributed by atoms with Crippen molar-refractivity contribution in [1.82, 2.24) is 24.7 Å². The van der Waals surface area contributed by atoms with E-state index in [0.29, 0.717) is 31.5 Å². The van der Waals surface area contributed by atoms with Gasteiger partial charge in [-0.15, -0.1) is 0 Å². The minimum absolute atomic E-state index is 0.311. The molecule has 8 heteroatoms. The fraction of sp³-hybridized carbons (Fsp3) is 0.222. The first kappa shape index (κ1) is 15.2. The van der Waals surface area contributed by atoms with Gasteiger partial charge in [-0.05, 0) is 24.3 Å². The molecule has 4 aromatic rings. The smallest absolute Gasteiger partial charge is 0.258 e. The quantitative estimate of drug-likeness (QED) is 0.561. The summed E-state index contributed by atoms with van der Waals surface area (Å²) in [6, 6.07) is 11.7. The third-order valence-corrected chi connectivity index (χ3v) is 4.24. The van der Waals surface area contributed by atoms with Crippen LogP contribution in [-0.4, -0.2) is 44.5 Å². The zero-order chi connectivity index (χ0) is 17.3. The van der Waals surface area contributed by atoms with Crippen LogP contribution in [0.15, 0.2) is 53.4 Å². The summed E-state index contributed by atoms with van der Waals surface area (Å²) in [6.07, 6.45) is 3.17. The lowest BCUT2D eigenvalue weighted by Gasteiger charge is -2.19. The first-order valence-corrected chi connectivity index (χ1v) is 8.30. The van der Waals surface area contributed by atoms with Crippen molar-refractivity contribution in [3.8, 4) is 17.2 Å². The molecule has 8 nitrogen and oxygen atoms in total. The van der Waals surface area contributed by atoms with E-state index in [0.717, 1.165) is 22.4 Å². The summed E-state index contributed by atoms with van der Waals surface area (Å²) in [7, 11) is 0. The zero-order valence-electron chi connectivity index (χ0n) is 13.8. The molecule has 1 fully saturated rings. The Hall–Kier alpha value is -3.10. The first-order valence-electron chi connectivity index (χ1n) is 8.30. The first-order chi connectivity index (χ1) is 12.9. The van der Waals surface area contributed by atoms with Gasteiger partial charge < -0.3 is 14.0 Å². The van der Waals surface area contributed by atoms with E-state index in [2.05, 4.69) is 20.1 Å². The molecular weight excluding hydrogens is 334 g/mol. The van der Waals surface area contributed by atoms with Crippen LogP contribution >= 0.6 is 0 Å². The van der Waals surface area contributed by atoms with Crippen LogP contribution in [0, 0.1) is 0 Å². The van der Waals surface area contributed by atoms with Crippen LogP contribution in [0.3, 0.4) is 0 Å². The second-order valence-electron chi connectivity index (χ2n) is 5.90. The predicted molar refractivity (Wildman–Crippen MR) is 91.7 cm³/mol. The number of benzene rings is 1. The van der Waals surface area contributed by atoms with Crippen molar-refractivity contribution in [3.63, 3.8) is 0 Å². The summed E-state index contributed by atoms with van der Waals surface area (Å²) in [6.45, 7) is 1.54. The van der Waals surface area contributed by atoms with Gasteiger partial charge in [-0.2, -0.15) is 4.98 Å². The fourth-order valence-corrected chi connectivity index (χ4v) is 2.92. The molecule has 26 heavy (non-hydrogen) atoms. The van der Waals surface area contributed by atoms with Gasteiger partial charge in [-0.25, -0.2) is 9.97 Å². The van der Waals surface area contributed by atoms with Crippen molar-refractivity contribution in [2.75, 3.05) is 19.8 Å². The molecular formula is C18H15N5O3. The minimum atomic E-state index is -0.311. The molecule has 4 heterocycles. The average molecular weight is 349 g/mol. The Morgan fingerprint density at radius 1 is 1.04 bits per heavy atom. The number of pyridine rings is 1. The third kappa shape index (κ3) is 2.65. The zero-order valence-corrected chi connectivity index (χ0v) is 13.8. The van der Waals surface area contributed by atoms with Gasteiger partial charge in [0.2, 0.25) is 5.82 Å². The van der Waals surface area contributed by atoms with Crippen LogP contribution in [-0.2, 0) is 9.47 Å². The Morgan fingerprint density at radius 3 is 2.85 bits per heavy atom. The maximum absolute atomic E-state index is 5.58. The van der Waals surface area contributed by atoms with Crippen molar-refractivity contribution in [2.24, 2.45) is 0 Å². The number of rotatable bonds is 3. The third-order valence-electron chi connectivity index (χ3n) is 4.24. The van der Waals surface area contributed by atoms with E-state index < -0.39 is 0 Å². The van der Waals surface area contributed by atoms with Gasteiger partial charge in [0, 0.05) is 11.8 Å². The van der Waals surface area contributed by atoms with Crippen LogP contribution in [0.25, 0.3) is 28.2 Å². The summed E-state index contributed by atoms with van der Waals surface area (Å²) < 4.78 is 18.2. The van der Waals surface area contributed by atoms with Crippen LogP contribution < -0.4 is 0 Å². The predicted octanol–water partition coefficient (Wildman–Crippen LogP) is 2.56. The van der Waals surface area contributed by atoms with E-state index in [1.807, 2.05) is 41.0 Å². The van der Waals surface area contributed by atoms with E-state index in [9.17, 15) is 0 Å². The molecule has 1 aromatic carbocycles. The van der Waals surface area contributed by atoms with Gasteiger partial charge >= 0.3 is 0 Å². The topological polar surface area (TPSA) is 88.1 Å². The molecule has 1 saturated heterocycles. The molecule has 1 aliphatic rings. The fourth-order valence-electron chi connectivity index (χ4n) is 2.92. The Bertz CT molecular complexity index is 1030. The molecule has 0 N–H and O–H groups in total. The molecule has 0 spiro atoms. The molecule has 1 aliphatic heterocycles. The highest BCUT2D eigenvalue weighted by Crippen LogP contribution is 2.23. The highest BCUT2D eigenvalue weighted by atomic mass is 16.6. The van der Waals surface area contributed by atoms with E-state index in [-0.39, 0.29) is 6.10 Å². The number of hydrogen-bond donors (Lipinski definition) is 0. The van der Waals surface area contributed by atoms with Crippen LogP contribution in [0.1, 0.15) is 12.0 Å². The maximum atomic E-state index is 5.58. The summed E-state index contributed by atoms with van der Waals surface area (Å²) in [5.41, 5.74) is 2.70. The van der Waals surface area contributed by atoms with Gasteiger partial charge in [-0.3, -0.25) is 4.57 Å². The minimum Gasteiger partial charge on any atom is -0.376 e. The highest BCUT2D eigenvalue weighted by Gasteiger charge is 2.23. The lowest BCUT2D eigenvalue weighted by molar-refractivity contribution is -0.101. The normalized spacial score (nSPS) is 17.6. The van der Waals surface area contributed by atoms with Gasteiger partial charge in [0.05, 0.1) is 30.9 Å². The molecule has 1 atom stereocenters. The summed E-state index contributed by atoms with van der Waals surface area (Å²) >= 11 is 0. The van der Waals surface area contributed by atoms with Gasteiger partial charge in [0.1, 0.15) is 12.1 Å². The van der Waals surface area contributed by atoms with E-state index >= 15 is 0 Å². The summed E-state index contributed by atoms with van der Waals surface area (Å²) in [5.74, 6) is 1.67. The monoisotopic (exact) mass is 349 g/mol. The lowest BCUT2D eigenvalue weighted by Crippen LogP contribution is -2.22. The number of ether oxygens (including phenoxy) is 2. The van der Waals surface area contributed by atoms with Gasteiger partial charge in [0.25, 0.3) is 5.89 Å². The number of nitrogens with zero attached hydrogens (tertiary/aromatic N) is 5. The van der Waals surface area contributed by atoms with Crippen molar-refractivity contribution in [3.05, 3.63) is 54.8 Å². The Kier molecular flexibility index (Phi) is 3.69. The Morgan fingerprint density at radius 2 is 2.00 bits per heavy atom.